The van der Waals surface area contributed by atoms with Crippen LogP contribution in [0.4, 0.5) is 5.69 Å². The smallest absolute Gasteiger partial charge is 0.258 e. The number of nitrogens with one attached hydrogen (secondary N) is 2. The normalized spacial score (nSPS) is 11.0. The summed E-state index contributed by atoms with van der Waals surface area (Å²) in [4.78, 5) is 17.4. The molecule has 1 aromatic heterocycles. The summed E-state index contributed by atoms with van der Waals surface area (Å²) in [5.74, 6) is 0.250. The molecular weight excluding hydrogens is 466 g/mol. The zero-order chi connectivity index (χ0) is 23.7. The summed E-state index contributed by atoms with van der Waals surface area (Å²) in [5.41, 5.74) is 4.90. The quantitative estimate of drug-likeness (QED) is 0.268. The van der Waals surface area contributed by atoms with Gasteiger partial charge in [0.15, 0.2) is 10.7 Å². The Hall–Kier alpha value is -3.74. The monoisotopic (exact) mass is 485 g/mol. The third-order valence-electron chi connectivity index (χ3n) is 5.59. The van der Waals surface area contributed by atoms with Gasteiger partial charge in [-0.15, -0.1) is 0 Å². The van der Waals surface area contributed by atoms with E-state index in [4.69, 9.17) is 28.2 Å². The molecule has 168 valence electrons. The molecule has 0 unspecified atom stereocenters. The Morgan fingerprint density at radius 2 is 1.76 bits per heavy atom. The number of benzene rings is 4. The molecule has 0 saturated carbocycles. The van der Waals surface area contributed by atoms with E-state index in [-0.39, 0.29) is 11.0 Å². The van der Waals surface area contributed by atoms with Crippen LogP contribution in [-0.4, -0.2) is 16.0 Å². The topological polar surface area (TPSA) is 67.2 Å². The Kier molecular flexibility index (Phi) is 6.01. The predicted octanol–water partition coefficient (Wildman–Crippen LogP) is 6.99. The highest BCUT2D eigenvalue weighted by Crippen LogP contribution is 2.27. The van der Waals surface area contributed by atoms with Crippen molar-refractivity contribution in [3.05, 3.63) is 95.0 Å². The van der Waals surface area contributed by atoms with Crippen molar-refractivity contribution in [2.24, 2.45) is 0 Å². The summed E-state index contributed by atoms with van der Waals surface area (Å²) in [6.07, 6.45) is 0.948. The Labute approximate surface area is 206 Å². The van der Waals surface area contributed by atoms with Crippen molar-refractivity contribution in [3.8, 4) is 11.5 Å². The molecule has 1 amide bonds. The Balaban J connectivity index is 1.29. The van der Waals surface area contributed by atoms with Gasteiger partial charge in [0.2, 0.25) is 5.89 Å². The Bertz CT molecular complexity index is 1540. The van der Waals surface area contributed by atoms with Gasteiger partial charge in [-0.3, -0.25) is 10.1 Å². The second-order valence-corrected chi connectivity index (χ2v) is 8.62. The van der Waals surface area contributed by atoms with E-state index in [2.05, 4.69) is 22.5 Å². The molecule has 0 aliphatic rings. The van der Waals surface area contributed by atoms with Gasteiger partial charge in [-0.25, -0.2) is 4.98 Å². The summed E-state index contributed by atoms with van der Waals surface area (Å²) in [7, 11) is 0. The highest BCUT2D eigenvalue weighted by Gasteiger charge is 2.13. The van der Waals surface area contributed by atoms with E-state index in [1.165, 1.54) is 5.56 Å². The molecule has 0 atom stereocenters. The first kappa shape index (κ1) is 22.1. The van der Waals surface area contributed by atoms with Crippen molar-refractivity contribution in [3.63, 3.8) is 0 Å². The number of aryl methyl sites for hydroxylation is 1. The minimum atomic E-state index is -0.306. The van der Waals surface area contributed by atoms with E-state index in [1.807, 2.05) is 60.7 Å². The van der Waals surface area contributed by atoms with Crippen molar-refractivity contribution < 1.29 is 9.21 Å². The molecule has 0 bridgehead atoms. The first-order chi connectivity index (χ1) is 16.5. The van der Waals surface area contributed by atoms with Crippen molar-refractivity contribution in [1.29, 1.82) is 0 Å². The highest BCUT2D eigenvalue weighted by atomic mass is 35.5. The van der Waals surface area contributed by atoms with Crippen LogP contribution in [0, 0.1) is 0 Å². The van der Waals surface area contributed by atoms with Gasteiger partial charge in [0, 0.05) is 27.2 Å². The molecule has 5 rings (SSSR count). The Morgan fingerprint density at radius 1 is 1.00 bits per heavy atom. The lowest BCUT2D eigenvalue weighted by Crippen LogP contribution is -2.34. The number of carbonyl (C=O) groups is 1. The van der Waals surface area contributed by atoms with Crippen LogP contribution in [0.25, 0.3) is 33.3 Å². The lowest BCUT2D eigenvalue weighted by atomic mass is 10.0. The average Bonchev–Trinajstić information content (AvgIpc) is 3.27. The molecule has 5 nitrogen and oxygen atoms in total. The number of hydrogen-bond acceptors (Lipinski definition) is 4. The largest absolute Gasteiger partial charge is 0.436 e. The van der Waals surface area contributed by atoms with Crippen molar-refractivity contribution in [2.45, 2.75) is 13.3 Å². The van der Waals surface area contributed by atoms with Gasteiger partial charge in [0.05, 0.1) is 0 Å². The number of hydrogen-bond donors (Lipinski definition) is 2. The van der Waals surface area contributed by atoms with Crippen LogP contribution < -0.4 is 10.6 Å². The number of carbonyl (C=O) groups excluding carboxylic acids is 1. The van der Waals surface area contributed by atoms with Crippen molar-refractivity contribution in [2.75, 3.05) is 5.32 Å². The van der Waals surface area contributed by atoms with E-state index >= 15 is 0 Å². The lowest BCUT2D eigenvalue weighted by Gasteiger charge is -2.11. The van der Waals surface area contributed by atoms with E-state index in [0.29, 0.717) is 16.5 Å². The molecular formula is C27H20ClN3O2S. The van der Waals surface area contributed by atoms with Gasteiger partial charge >= 0.3 is 0 Å². The number of amides is 1. The van der Waals surface area contributed by atoms with Crippen LogP contribution >= 0.6 is 23.8 Å². The van der Waals surface area contributed by atoms with Gasteiger partial charge in [-0.2, -0.15) is 0 Å². The summed E-state index contributed by atoms with van der Waals surface area (Å²) in [6, 6.07) is 24.5. The van der Waals surface area contributed by atoms with Crippen LogP contribution in [0.3, 0.4) is 0 Å². The summed E-state index contributed by atoms with van der Waals surface area (Å²) < 4.78 is 5.90. The minimum absolute atomic E-state index is 0.200. The standard InChI is InChI=1S/C27H20ClN3O2S/c1-2-16-9-14-24-23(15-16)30-26(33-24)17-10-12-18(13-11-17)29-27(34)31-25(32)21-7-3-6-20-19(21)5-4-8-22(20)28/h3-15H,2H2,1H3,(H2,29,31,32,34). The van der Waals surface area contributed by atoms with E-state index in [0.717, 1.165) is 39.5 Å². The number of fused-ring (bicyclic) bond motifs is 2. The number of nitrogens with zero attached hydrogens (tertiary/aromatic N) is 1. The van der Waals surface area contributed by atoms with Crippen LogP contribution in [0.2, 0.25) is 5.02 Å². The number of aromatic nitrogens is 1. The second-order valence-electron chi connectivity index (χ2n) is 7.80. The summed E-state index contributed by atoms with van der Waals surface area (Å²) in [6.45, 7) is 2.11. The molecule has 34 heavy (non-hydrogen) atoms. The second kappa shape index (κ2) is 9.25. The molecule has 0 saturated heterocycles. The van der Waals surface area contributed by atoms with Gasteiger partial charge in [0.1, 0.15) is 5.52 Å². The fourth-order valence-corrected chi connectivity index (χ4v) is 4.26. The minimum Gasteiger partial charge on any atom is -0.436 e. The van der Waals surface area contributed by atoms with Crippen molar-refractivity contribution in [1.82, 2.24) is 10.3 Å². The van der Waals surface area contributed by atoms with E-state index < -0.39 is 0 Å². The molecule has 7 heteroatoms. The van der Waals surface area contributed by atoms with Crippen LogP contribution in [-0.2, 0) is 6.42 Å². The van der Waals surface area contributed by atoms with Gasteiger partial charge < -0.3 is 9.73 Å². The van der Waals surface area contributed by atoms with Gasteiger partial charge in [-0.1, -0.05) is 48.9 Å². The fraction of sp³-hybridized carbons (Fsp3) is 0.0741. The Morgan fingerprint density at radius 3 is 2.56 bits per heavy atom. The zero-order valence-corrected chi connectivity index (χ0v) is 19.8. The summed E-state index contributed by atoms with van der Waals surface area (Å²) >= 11 is 11.6. The molecule has 4 aromatic carbocycles. The molecule has 2 N–H and O–H groups in total. The number of halogens is 1. The zero-order valence-electron chi connectivity index (χ0n) is 18.3. The number of thiocarbonyl (C=S) groups is 1. The molecule has 0 aliphatic carbocycles. The first-order valence-electron chi connectivity index (χ1n) is 10.8. The maximum Gasteiger partial charge on any atom is 0.258 e. The number of anilines is 1. The van der Waals surface area contributed by atoms with E-state index in [1.54, 1.807) is 18.2 Å². The SMILES string of the molecule is CCc1ccc2oc(-c3ccc(NC(=S)NC(=O)c4cccc5c(Cl)cccc45)cc3)nc2c1. The molecule has 1 heterocycles. The molecule has 0 radical (unpaired) electrons. The average molecular weight is 486 g/mol. The molecule has 0 fully saturated rings. The van der Waals surface area contributed by atoms with Gasteiger partial charge in [0.25, 0.3) is 5.91 Å². The first-order valence-corrected chi connectivity index (χ1v) is 11.6. The van der Waals surface area contributed by atoms with Crippen LogP contribution in [0.15, 0.2) is 83.3 Å². The molecule has 0 spiro atoms. The van der Waals surface area contributed by atoms with Crippen LogP contribution in [0.1, 0.15) is 22.8 Å². The van der Waals surface area contributed by atoms with Gasteiger partial charge in [-0.05, 0) is 78.1 Å². The third-order valence-corrected chi connectivity index (χ3v) is 6.12. The molecule has 0 aliphatic heterocycles. The lowest BCUT2D eigenvalue weighted by molar-refractivity contribution is 0.0979. The summed E-state index contributed by atoms with van der Waals surface area (Å²) in [5, 5.41) is 8.16. The number of rotatable bonds is 4. The van der Waals surface area contributed by atoms with Crippen LogP contribution in [0.5, 0.6) is 0 Å². The van der Waals surface area contributed by atoms with Crippen molar-refractivity contribution >= 4 is 62.4 Å². The van der Waals surface area contributed by atoms with E-state index in [9.17, 15) is 4.79 Å². The maximum absolute atomic E-state index is 12.8. The maximum atomic E-state index is 12.8. The molecule has 5 aromatic rings. The number of oxazole rings is 1. The third kappa shape index (κ3) is 4.38. The fourth-order valence-electron chi connectivity index (χ4n) is 3.81. The highest BCUT2D eigenvalue weighted by molar-refractivity contribution is 7.80. The predicted molar refractivity (Wildman–Crippen MR) is 141 cm³/mol.